The highest BCUT2D eigenvalue weighted by Gasteiger charge is 2.13. The second-order valence-corrected chi connectivity index (χ2v) is 5.65. The highest BCUT2D eigenvalue weighted by molar-refractivity contribution is 5.75. The van der Waals surface area contributed by atoms with Gasteiger partial charge in [-0.2, -0.15) is 0 Å². The van der Waals surface area contributed by atoms with Crippen molar-refractivity contribution in [2.75, 3.05) is 0 Å². The number of nitrogens with zero attached hydrogens (tertiary/aromatic N) is 1. The number of aryl methyl sites for hydroxylation is 3. The van der Waals surface area contributed by atoms with E-state index in [1.807, 2.05) is 19.1 Å². The van der Waals surface area contributed by atoms with Crippen molar-refractivity contribution in [3.63, 3.8) is 0 Å². The molecule has 1 aromatic heterocycles. The minimum atomic E-state index is -0.111. The molecule has 3 rings (SSSR count). The Kier molecular flexibility index (Phi) is 3.42. The number of hydrogen-bond acceptors (Lipinski definition) is 2. The van der Waals surface area contributed by atoms with Gasteiger partial charge in [0.2, 0.25) is 0 Å². The molecule has 3 nitrogen and oxygen atoms in total. The number of imidazole rings is 1. The molecule has 1 heterocycles. The Labute approximate surface area is 125 Å². The first kappa shape index (κ1) is 13.7. The first-order valence-electron chi connectivity index (χ1n) is 7.23. The zero-order valence-corrected chi connectivity index (χ0v) is 12.9. The van der Waals surface area contributed by atoms with Crippen LogP contribution in [-0.4, -0.2) is 9.97 Å². The van der Waals surface area contributed by atoms with Crippen molar-refractivity contribution in [1.82, 2.24) is 9.97 Å². The molecule has 3 heteroatoms. The van der Waals surface area contributed by atoms with Crippen molar-refractivity contribution in [3.8, 4) is 5.75 Å². The summed E-state index contributed by atoms with van der Waals surface area (Å²) < 4.78 is 6.00. The molecule has 0 aliphatic carbocycles. The van der Waals surface area contributed by atoms with Crippen LogP contribution in [0, 0.1) is 20.8 Å². The van der Waals surface area contributed by atoms with Gasteiger partial charge in [-0.1, -0.05) is 12.1 Å². The number of ether oxygens (including phenoxy) is 1. The maximum Gasteiger partial charge on any atom is 0.153 e. The first-order chi connectivity index (χ1) is 10.0. The third-order valence-corrected chi connectivity index (χ3v) is 3.83. The van der Waals surface area contributed by atoms with Gasteiger partial charge in [-0.15, -0.1) is 0 Å². The maximum atomic E-state index is 6.00. The molecule has 0 fully saturated rings. The van der Waals surface area contributed by atoms with Crippen LogP contribution in [0.4, 0.5) is 0 Å². The van der Waals surface area contributed by atoms with Gasteiger partial charge in [0.1, 0.15) is 11.6 Å². The van der Waals surface area contributed by atoms with E-state index in [0.29, 0.717) is 0 Å². The summed E-state index contributed by atoms with van der Waals surface area (Å²) in [5.74, 6) is 1.73. The van der Waals surface area contributed by atoms with E-state index in [4.69, 9.17) is 4.74 Å². The standard InChI is InChI=1S/C18H20N2O/c1-11-5-8-16-17(9-11)20-18(19-16)14(4)21-15-7-6-12(2)13(3)10-15/h5-10,14H,1-4H3,(H,19,20)/t14-/m1/s1. The van der Waals surface area contributed by atoms with E-state index >= 15 is 0 Å². The summed E-state index contributed by atoms with van der Waals surface area (Å²) in [6, 6.07) is 12.4. The number of H-pyrrole nitrogens is 1. The van der Waals surface area contributed by atoms with Crippen LogP contribution in [-0.2, 0) is 0 Å². The quantitative estimate of drug-likeness (QED) is 0.759. The third kappa shape index (κ3) is 2.77. The smallest absolute Gasteiger partial charge is 0.153 e. The number of aromatic amines is 1. The molecule has 0 radical (unpaired) electrons. The van der Waals surface area contributed by atoms with Gasteiger partial charge in [0.05, 0.1) is 11.0 Å². The SMILES string of the molecule is Cc1ccc2nc([C@@H](C)Oc3ccc(C)c(C)c3)[nH]c2c1. The van der Waals surface area contributed by atoms with Gasteiger partial charge in [0, 0.05) is 0 Å². The fourth-order valence-corrected chi connectivity index (χ4v) is 2.38. The van der Waals surface area contributed by atoms with E-state index < -0.39 is 0 Å². The molecule has 0 aliphatic rings. The van der Waals surface area contributed by atoms with Crippen molar-refractivity contribution in [3.05, 3.63) is 58.9 Å². The molecular weight excluding hydrogens is 260 g/mol. The lowest BCUT2D eigenvalue weighted by molar-refractivity contribution is 0.218. The molecule has 0 saturated heterocycles. The molecule has 0 saturated carbocycles. The summed E-state index contributed by atoms with van der Waals surface area (Å²) in [4.78, 5) is 7.96. The maximum absolute atomic E-state index is 6.00. The average Bonchev–Trinajstić information content (AvgIpc) is 2.86. The molecule has 1 N–H and O–H groups in total. The van der Waals surface area contributed by atoms with Crippen LogP contribution in [0.15, 0.2) is 36.4 Å². The second kappa shape index (κ2) is 5.24. The Morgan fingerprint density at radius 3 is 2.57 bits per heavy atom. The lowest BCUT2D eigenvalue weighted by atomic mass is 10.1. The molecule has 1 atom stereocenters. The number of aromatic nitrogens is 2. The van der Waals surface area contributed by atoms with Gasteiger partial charge in [-0.25, -0.2) is 4.98 Å². The summed E-state index contributed by atoms with van der Waals surface area (Å²) >= 11 is 0. The fourth-order valence-electron chi connectivity index (χ4n) is 2.38. The van der Waals surface area contributed by atoms with E-state index in [1.54, 1.807) is 0 Å². The van der Waals surface area contributed by atoms with Gasteiger partial charge in [-0.3, -0.25) is 0 Å². The molecule has 0 unspecified atom stereocenters. The Balaban J connectivity index is 1.85. The van der Waals surface area contributed by atoms with Crippen LogP contribution in [0.2, 0.25) is 0 Å². The highest BCUT2D eigenvalue weighted by Crippen LogP contribution is 2.24. The van der Waals surface area contributed by atoms with Crippen molar-refractivity contribution >= 4 is 11.0 Å². The van der Waals surface area contributed by atoms with Crippen LogP contribution in [0.3, 0.4) is 0 Å². The zero-order valence-electron chi connectivity index (χ0n) is 12.9. The summed E-state index contributed by atoms with van der Waals surface area (Å²) in [6.07, 6.45) is -0.111. The highest BCUT2D eigenvalue weighted by atomic mass is 16.5. The lowest BCUT2D eigenvalue weighted by Crippen LogP contribution is -2.05. The molecule has 3 aromatic rings. The first-order valence-corrected chi connectivity index (χ1v) is 7.23. The molecule has 108 valence electrons. The average molecular weight is 280 g/mol. The Hall–Kier alpha value is -2.29. The van der Waals surface area contributed by atoms with E-state index in [-0.39, 0.29) is 6.10 Å². The molecular formula is C18H20N2O. The van der Waals surface area contributed by atoms with Gasteiger partial charge in [0.15, 0.2) is 6.10 Å². The Bertz CT molecular complexity index is 789. The lowest BCUT2D eigenvalue weighted by Gasteiger charge is -2.13. The number of benzene rings is 2. The molecule has 0 spiro atoms. The third-order valence-electron chi connectivity index (χ3n) is 3.83. The number of rotatable bonds is 3. The van der Waals surface area contributed by atoms with E-state index in [0.717, 1.165) is 22.6 Å². The van der Waals surface area contributed by atoms with Gasteiger partial charge < -0.3 is 9.72 Å². The molecule has 0 aliphatic heterocycles. The van der Waals surface area contributed by atoms with Crippen molar-refractivity contribution in [2.24, 2.45) is 0 Å². The van der Waals surface area contributed by atoms with Crippen LogP contribution in [0.5, 0.6) is 5.75 Å². The van der Waals surface area contributed by atoms with Crippen LogP contribution in [0.25, 0.3) is 11.0 Å². The summed E-state index contributed by atoms with van der Waals surface area (Å²) in [5.41, 5.74) is 5.77. The Morgan fingerprint density at radius 1 is 1.00 bits per heavy atom. The summed E-state index contributed by atoms with van der Waals surface area (Å²) in [7, 11) is 0. The van der Waals surface area contributed by atoms with E-state index in [9.17, 15) is 0 Å². The molecule has 0 amide bonds. The Morgan fingerprint density at radius 2 is 1.81 bits per heavy atom. The molecule has 21 heavy (non-hydrogen) atoms. The van der Waals surface area contributed by atoms with Crippen LogP contribution < -0.4 is 4.74 Å². The topological polar surface area (TPSA) is 37.9 Å². The second-order valence-electron chi connectivity index (χ2n) is 5.65. The monoisotopic (exact) mass is 280 g/mol. The zero-order chi connectivity index (χ0) is 15.0. The van der Waals surface area contributed by atoms with E-state index in [1.165, 1.54) is 16.7 Å². The molecule has 0 bridgehead atoms. The predicted molar refractivity (Wildman–Crippen MR) is 85.8 cm³/mol. The number of hydrogen-bond donors (Lipinski definition) is 1. The normalized spacial score (nSPS) is 12.6. The van der Waals surface area contributed by atoms with Crippen molar-refractivity contribution in [2.45, 2.75) is 33.8 Å². The van der Waals surface area contributed by atoms with Crippen LogP contribution >= 0.6 is 0 Å². The minimum Gasteiger partial charge on any atom is -0.483 e. The van der Waals surface area contributed by atoms with Gasteiger partial charge in [-0.05, 0) is 68.7 Å². The van der Waals surface area contributed by atoms with Gasteiger partial charge >= 0.3 is 0 Å². The fraction of sp³-hybridized carbons (Fsp3) is 0.278. The molecule has 2 aromatic carbocycles. The van der Waals surface area contributed by atoms with Gasteiger partial charge in [0.25, 0.3) is 0 Å². The summed E-state index contributed by atoms with van der Waals surface area (Å²) in [5, 5.41) is 0. The summed E-state index contributed by atoms with van der Waals surface area (Å²) in [6.45, 7) is 8.29. The van der Waals surface area contributed by atoms with E-state index in [2.05, 4.69) is 55.0 Å². The number of nitrogens with one attached hydrogen (secondary N) is 1. The van der Waals surface area contributed by atoms with Crippen LogP contribution in [0.1, 0.15) is 35.5 Å². The minimum absolute atomic E-state index is 0.111. The largest absolute Gasteiger partial charge is 0.483 e. The van der Waals surface area contributed by atoms with Crippen molar-refractivity contribution < 1.29 is 4.74 Å². The predicted octanol–water partition coefficient (Wildman–Crippen LogP) is 4.63. The number of fused-ring (bicyclic) bond motifs is 1. The van der Waals surface area contributed by atoms with Crippen molar-refractivity contribution in [1.29, 1.82) is 0 Å².